The van der Waals surface area contributed by atoms with E-state index >= 15 is 0 Å². The maximum absolute atomic E-state index is 11.8. The summed E-state index contributed by atoms with van der Waals surface area (Å²) in [6.45, 7) is 0.129. The highest BCUT2D eigenvalue weighted by Gasteiger charge is 2.50. The van der Waals surface area contributed by atoms with Gasteiger partial charge in [-0.3, -0.25) is 4.79 Å². The first kappa shape index (κ1) is 14.6. The molecule has 1 fully saturated rings. The van der Waals surface area contributed by atoms with Crippen LogP contribution in [0.15, 0.2) is 22.7 Å². The third kappa shape index (κ3) is 3.22. The van der Waals surface area contributed by atoms with Gasteiger partial charge in [0.2, 0.25) is 0 Å². The summed E-state index contributed by atoms with van der Waals surface area (Å²) in [5, 5.41) is 14.3. The predicted octanol–water partition coefficient (Wildman–Crippen LogP) is 2.44. The number of urea groups is 1. The number of benzene rings is 1. The van der Waals surface area contributed by atoms with Crippen LogP contribution in [0.2, 0.25) is 0 Å². The van der Waals surface area contributed by atoms with Gasteiger partial charge in [0, 0.05) is 11.0 Å². The number of nitrogens with one attached hydrogen (secondary N) is 2. The molecule has 2 amide bonds. The number of halogens is 1. The molecule has 20 heavy (non-hydrogen) atoms. The summed E-state index contributed by atoms with van der Waals surface area (Å²) < 4.78 is 5.94. The Balaban J connectivity index is 1.95. The van der Waals surface area contributed by atoms with Gasteiger partial charge in [0.1, 0.15) is 5.75 Å². The number of aliphatic carboxylic acids is 1. The van der Waals surface area contributed by atoms with Crippen molar-refractivity contribution in [2.45, 2.75) is 12.8 Å². The van der Waals surface area contributed by atoms with Crippen molar-refractivity contribution in [3.63, 3.8) is 0 Å². The van der Waals surface area contributed by atoms with Crippen molar-refractivity contribution in [2.75, 3.05) is 19.0 Å². The van der Waals surface area contributed by atoms with Crippen LogP contribution in [0.4, 0.5) is 10.5 Å². The van der Waals surface area contributed by atoms with E-state index in [4.69, 9.17) is 9.84 Å². The number of ether oxygens (including phenoxy) is 1. The molecule has 1 aliphatic rings. The Morgan fingerprint density at radius 2 is 2.15 bits per heavy atom. The molecule has 0 radical (unpaired) electrons. The summed E-state index contributed by atoms with van der Waals surface area (Å²) in [4.78, 5) is 22.8. The molecule has 0 unspecified atom stereocenters. The molecule has 1 aliphatic carbocycles. The zero-order chi connectivity index (χ0) is 14.8. The predicted molar refractivity (Wildman–Crippen MR) is 77.0 cm³/mol. The van der Waals surface area contributed by atoms with Crippen molar-refractivity contribution in [3.05, 3.63) is 22.7 Å². The Morgan fingerprint density at radius 3 is 2.70 bits per heavy atom. The van der Waals surface area contributed by atoms with Crippen LogP contribution >= 0.6 is 15.9 Å². The summed E-state index contributed by atoms with van der Waals surface area (Å²) in [5.74, 6) is -0.333. The maximum Gasteiger partial charge on any atom is 0.319 e. The molecule has 2 rings (SSSR count). The standard InChI is InChI=1S/C13H15BrN2O4/c1-20-10-3-2-8(14)6-9(10)16-12(19)15-7-13(4-5-13)11(17)18/h2-3,6H,4-5,7H2,1H3,(H,17,18)(H2,15,16,19). The number of hydrogen-bond acceptors (Lipinski definition) is 3. The molecule has 0 aliphatic heterocycles. The van der Waals surface area contributed by atoms with E-state index in [9.17, 15) is 9.59 Å². The van der Waals surface area contributed by atoms with Gasteiger partial charge in [-0.15, -0.1) is 0 Å². The molecule has 6 nitrogen and oxygen atoms in total. The topological polar surface area (TPSA) is 87.7 Å². The van der Waals surface area contributed by atoms with Gasteiger partial charge in [-0.2, -0.15) is 0 Å². The van der Waals surface area contributed by atoms with Crippen LogP contribution in [0.25, 0.3) is 0 Å². The lowest BCUT2D eigenvalue weighted by atomic mass is 10.1. The summed E-state index contributed by atoms with van der Waals surface area (Å²) in [6, 6.07) is 4.78. The van der Waals surface area contributed by atoms with E-state index in [-0.39, 0.29) is 6.54 Å². The number of carboxylic acids is 1. The van der Waals surface area contributed by atoms with E-state index in [0.29, 0.717) is 24.3 Å². The molecule has 0 bridgehead atoms. The number of carbonyl (C=O) groups excluding carboxylic acids is 1. The second-order valence-electron chi connectivity index (χ2n) is 4.74. The van der Waals surface area contributed by atoms with Crippen molar-refractivity contribution < 1.29 is 19.4 Å². The van der Waals surface area contributed by atoms with Crippen LogP contribution in [-0.2, 0) is 4.79 Å². The van der Waals surface area contributed by atoms with Crippen LogP contribution in [0.1, 0.15) is 12.8 Å². The molecule has 0 heterocycles. The fourth-order valence-electron chi connectivity index (χ4n) is 1.81. The van der Waals surface area contributed by atoms with Gasteiger partial charge in [-0.05, 0) is 31.0 Å². The Hall–Kier alpha value is -1.76. The molecule has 0 atom stereocenters. The molecular weight excluding hydrogens is 328 g/mol. The van der Waals surface area contributed by atoms with Crippen molar-refractivity contribution in [1.82, 2.24) is 5.32 Å². The summed E-state index contributed by atoms with van der Waals surface area (Å²) in [5.41, 5.74) is -0.266. The Bertz CT molecular complexity index is 543. The monoisotopic (exact) mass is 342 g/mol. The average molecular weight is 343 g/mol. The highest BCUT2D eigenvalue weighted by atomic mass is 79.9. The first-order chi connectivity index (χ1) is 9.47. The van der Waals surface area contributed by atoms with E-state index < -0.39 is 17.4 Å². The van der Waals surface area contributed by atoms with Gasteiger partial charge >= 0.3 is 12.0 Å². The number of carboxylic acid groups (broad SMARTS) is 1. The molecule has 1 aromatic rings. The molecule has 1 saturated carbocycles. The second-order valence-corrected chi connectivity index (χ2v) is 5.65. The lowest BCUT2D eigenvalue weighted by molar-refractivity contribution is -0.143. The van der Waals surface area contributed by atoms with Gasteiger partial charge in [0.05, 0.1) is 18.2 Å². The normalized spacial score (nSPS) is 15.3. The maximum atomic E-state index is 11.8. The van der Waals surface area contributed by atoms with E-state index in [1.807, 2.05) is 0 Å². The van der Waals surface area contributed by atoms with Gasteiger partial charge < -0.3 is 20.5 Å². The molecule has 108 valence electrons. The molecule has 0 spiro atoms. The smallest absolute Gasteiger partial charge is 0.319 e. The SMILES string of the molecule is COc1ccc(Br)cc1NC(=O)NCC1(C(=O)O)CC1. The lowest BCUT2D eigenvalue weighted by Gasteiger charge is -2.14. The quantitative estimate of drug-likeness (QED) is 0.766. The summed E-state index contributed by atoms with van der Waals surface area (Å²) >= 11 is 3.31. The first-order valence-electron chi connectivity index (χ1n) is 6.09. The van der Waals surface area contributed by atoms with Crippen molar-refractivity contribution >= 4 is 33.6 Å². The van der Waals surface area contributed by atoms with E-state index in [2.05, 4.69) is 26.6 Å². The third-order valence-corrected chi connectivity index (χ3v) is 3.80. The molecule has 3 N–H and O–H groups in total. The molecule has 7 heteroatoms. The van der Waals surface area contributed by atoms with Crippen molar-refractivity contribution in [3.8, 4) is 5.75 Å². The van der Waals surface area contributed by atoms with Gasteiger partial charge in [0.25, 0.3) is 0 Å². The number of carbonyl (C=O) groups is 2. The van der Waals surface area contributed by atoms with Crippen LogP contribution < -0.4 is 15.4 Å². The van der Waals surface area contributed by atoms with Crippen molar-refractivity contribution in [2.24, 2.45) is 5.41 Å². The fourth-order valence-corrected chi connectivity index (χ4v) is 2.17. The number of rotatable bonds is 5. The minimum atomic E-state index is -0.863. The van der Waals surface area contributed by atoms with Crippen molar-refractivity contribution in [1.29, 1.82) is 0 Å². The second kappa shape index (κ2) is 5.70. The number of anilines is 1. The molecule has 0 saturated heterocycles. The third-order valence-electron chi connectivity index (χ3n) is 3.30. The van der Waals surface area contributed by atoms with E-state index in [0.717, 1.165) is 4.47 Å². The number of amides is 2. The average Bonchev–Trinajstić information content (AvgIpc) is 3.18. The Morgan fingerprint density at radius 1 is 1.45 bits per heavy atom. The number of methoxy groups -OCH3 is 1. The summed E-state index contributed by atoms with van der Waals surface area (Å²) in [6.07, 6.45) is 1.20. The first-order valence-corrected chi connectivity index (χ1v) is 6.88. The van der Waals surface area contributed by atoms with Crippen LogP contribution in [-0.4, -0.2) is 30.8 Å². The van der Waals surface area contributed by atoms with Crippen LogP contribution in [0, 0.1) is 5.41 Å². The van der Waals surface area contributed by atoms with E-state index in [1.54, 1.807) is 18.2 Å². The Kier molecular flexibility index (Phi) is 4.17. The van der Waals surface area contributed by atoms with Gasteiger partial charge in [-0.25, -0.2) is 4.79 Å². The zero-order valence-corrected chi connectivity index (χ0v) is 12.5. The molecule has 0 aromatic heterocycles. The largest absolute Gasteiger partial charge is 0.495 e. The van der Waals surface area contributed by atoms with Gasteiger partial charge in [-0.1, -0.05) is 15.9 Å². The summed E-state index contributed by atoms with van der Waals surface area (Å²) in [7, 11) is 1.51. The minimum Gasteiger partial charge on any atom is -0.495 e. The Labute approximate surface area is 124 Å². The minimum absolute atomic E-state index is 0.129. The van der Waals surface area contributed by atoms with Crippen LogP contribution in [0.5, 0.6) is 5.75 Å². The highest BCUT2D eigenvalue weighted by molar-refractivity contribution is 9.10. The molecule has 1 aromatic carbocycles. The number of hydrogen-bond donors (Lipinski definition) is 3. The van der Waals surface area contributed by atoms with E-state index in [1.165, 1.54) is 7.11 Å². The van der Waals surface area contributed by atoms with Gasteiger partial charge in [0.15, 0.2) is 0 Å². The highest BCUT2D eigenvalue weighted by Crippen LogP contribution is 2.45. The fraction of sp³-hybridized carbons (Fsp3) is 0.385. The zero-order valence-electron chi connectivity index (χ0n) is 10.9. The lowest BCUT2D eigenvalue weighted by Crippen LogP contribution is -2.36. The molecular formula is C13H15BrN2O4. The van der Waals surface area contributed by atoms with Crippen LogP contribution in [0.3, 0.4) is 0 Å².